The van der Waals surface area contributed by atoms with E-state index in [1.807, 2.05) is 61.5 Å². The minimum Gasteiger partial charge on any atom is -0.398 e. The van der Waals surface area contributed by atoms with Crippen molar-refractivity contribution in [2.75, 3.05) is 5.73 Å². The van der Waals surface area contributed by atoms with Crippen molar-refractivity contribution < 1.29 is 5.11 Å². The molecule has 0 spiro atoms. The van der Waals surface area contributed by atoms with Crippen molar-refractivity contribution in [2.24, 2.45) is 0 Å². The zero-order chi connectivity index (χ0) is 12.3. The van der Waals surface area contributed by atoms with Gasteiger partial charge in [0, 0.05) is 11.3 Å². The number of anilines is 1. The van der Waals surface area contributed by atoms with Crippen LogP contribution in [-0.4, -0.2) is 5.11 Å². The highest BCUT2D eigenvalue weighted by atomic mass is 16.3. The lowest BCUT2D eigenvalue weighted by molar-refractivity contribution is 0.0773. The van der Waals surface area contributed by atoms with E-state index >= 15 is 0 Å². The first-order chi connectivity index (χ1) is 8.18. The summed E-state index contributed by atoms with van der Waals surface area (Å²) >= 11 is 0. The van der Waals surface area contributed by atoms with Gasteiger partial charge in [0.15, 0.2) is 0 Å². The van der Waals surface area contributed by atoms with Crippen LogP contribution < -0.4 is 5.73 Å². The number of rotatable bonds is 3. The normalized spacial score (nSPS) is 14.2. The zero-order valence-electron chi connectivity index (χ0n) is 9.93. The molecule has 0 saturated heterocycles. The second-order valence-corrected chi connectivity index (χ2v) is 4.17. The van der Waals surface area contributed by atoms with Gasteiger partial charge in [-0.2, -0.15) is 0 Å². The van der Waals surface area contributed by atoms with Crippen LogP contribution in [0, 0.1) is 0 Å². The average Bonchev–Trinajstić information content (AvgIpc) is 2.39. The van der Waals surface area contributed by atoms with Gasteiger partial charge in [0.1, 0.15) is 5.60 Å². The highest BCUT2D eigenvalue weighted by molar-refractivity contribution is 5.53. The van der Waals surface area contributed by atoms with Crippen molar-refractivity contribution >= 4 is 5.69 Å². The van der Waals surface area contributed by atoms with Crippen LogP contribution in [0.15, 0.2) is 54.6 Å². The van der Waals surface area contributed by atoms with Crippen LogP contribution in [0.2, 0.25) is 0 Å². The third-order valence-electron chi connectivity index (χ3n) is 3.17. The van der Waals surface area contributed by atoms with E-state index in [0.29, 0.717) is 12.1 Å². The fraction of sp³-hybridized carbons (Fsp3) is 0.200. The van der Waals surface area contributed by atoms with Gasteiger partial charge in [0.05, 0.1) is 0 Å². The SMILES string of the molecule is CC[C@@](O)(c1ccccc1)c1ccccc1N. The molecule has 0 aliphatic heterocycles. The monoisotopic (exact) mass is 227 g/mol. The Morgan fingerprint density at radius 2 is 1.59 bits per heavy atom. The highest BCUT2D eigenvalue weighted by Gasteiger charge is 2.30. The average molecular weight is 227 g/mol. The molecule has 0 fully saturated rings. The maximum atomic E-state index is 10.9. The van der Waals surface area contributed by atoms with Gasteiger partial charge in [0.25, 0.3) is 0 Å². The largest absolute Gasteiger partial charge is 0.398 e. The minimum absolute atomic E-state index is 0.589. The molecular formula is C15H17NO. The molecule has 0 aliphatic carbocycles. The third-order valence-corrected chi connectivity index (χ3v) is 3.17. The quantitative estimate of drug-likeness (QED) is 0.792. The molecule has 88 valence electrons. The van der Waals surface area contributed by atoms with Gasteiger partial charge in [-0.05, 0) is 18.1 Å². The van der Waals surface area contributed by atoms with Crippen LogP contribution >= 0.6 is 0 Å². The Bertz CT molecular complexity index is 495. The molecule has 0 radical (unpaired) electrons. The fourth-order valence-corrected chi connectivity index (χ4v) is 2.14. The summed E-state index contributed by atoms with van der Waals surface area (Å²) in [5.74, 6) is 0. The van der Waals surface area contributed by atoms with E-state index in [4.69, 9.17) is 5.73 Å². The van der Waals surface area contributed by atoms with Crippen LogP contribution in [0.4, 0.5) is 5.69 Å². The van der Waals surface area contributed by atoms with E-state index in [0.717, 1.165) is 11.1 Å². The molecule has 0 saturated carbocycles. The molecule has 3 N–H and O–H groups in total. The van der Waals surface area contributed by atoms with Crippen LogP contribution in [0.1, 0.15) is 24.5 Å². The van der Waals surface area contributed by atoms with Crippen LogP contribution in [-0.2, 0) is 5.60 Å². The molecule has 0 unspecified atom stereocenters. The lowest BCUT2D eigenvalue weighted by Gasteiger charge is -2.29. The topological polar surface area (TPSA) is 46.2 Å². The Kier molecular flexibility index (Phi) is 3.16. The van der Waals surface area contributed by atoms with Gasteiger partial charge >= 0.3 is 0 Å². The molecule has 0 aliphatic rings. The van der Waals surface area contributed by atoms with Gasteiger partial charge in [-0.1, -0.05) is 55.5 Å². The molecule has 0 amide bonds. The fourth-order valence-electron chi connectivity index (χ4n) is 2.14. The van der Waals surface area contributed by atoms with Gasteiger partial charge in [-0.3, -0.25) is 0 Å². The van der Waals surface area contributed by atoms with Crippen molar-refractivity contribution in [3.63, 3.8) is 0 Å². The summed E-state index contributed by atoms with van der Waals surface area (Å²) in [5, 5.41) is 10.9. The zero-order valence-corrected chi connectivity index (χ0v) is 9.93. The molecule has 0 aromatic heterocycles. The second kappa shape index (κ2) is 4.60. The van der Waals surface area contributed by atoms with Crippen molar-refractivity contribution in [3.05, 3.63) is 65.7 Å². The number of aliphatic hydroxyl groups is 1. The molecule has 2 heteroatoms. The Labute approximate surface area is 102 Å². The van der Waals surface area contributed by atoms with E-state index < -0.39 is 5.60 Å². The number of benzene rings is 2. The molecule has 2 rings (SSSR count). The lowest BCUT2D eigenvalue weighted by Crippen LogP contribution is -2.27. The van der Waals surface area contributed by atoms with Gasteiger partial charge < -0.3 is 10.8 Å². The summed E-state index contributed by atoms with van der Waals surface area (Å²) in [5.41, 5.74) is 7.23. The Morgan fingerprint density at radius 3 is 2.18 bits per heavy atom. The summed E-state index contributed by atoms with van der Waals surface area (Å²) in [6.45, 7) is 1.96. The molecule has 0 bridgehead atoms. The summed E-state index contributed by atoms with van der Waals surface area (Å²) in [6.07, 6.45) is 0.589. The molecule has 2 aromatic rings. The Balaban J connectivity index is 2.56. The maximum absolute atomic E-state index is 10.9. The molecule has 17 heavy (non-hydrogen) atoms. The molecule has 0 heterocycles. The van der Waals surface area contributed by atoms with Crippen molar-refractivity contribution in [2.45, 2.75) is 18.9 Å². The van der Waals surface area contributed by atoms with E-state index in [2.05, 4.69) is 0 Å². The smallest absolute Gasteiger partial charge is 0.116 e. The predicted molar refractivity (Wildman–Crippen MR) is 70.6 cm³/mol. The summed E-state index contributed by atoms with van der Waals surface area (Å²) in [4.78, 5) is 0. The summed E-state index contributed by atoms with van der Waals surface area (Å²) < 4.78 is 0. The number of nitrogen functional groups attached to an aromatic ring is 1. The van der Waals surface area contributed by atoms with Crippen molar-refractivity contribution in [3.8, 4) is 0 Å². The standard InChI is InChI=1S/C15H17NO/c1-2-15(17,12-8-4-3-5-9-12)13-10-6-7-11-14(13)16/h3-11,17H,2,16H2,1H3/t15-/m1/s1. The third kappa shape index (κ3) is 2.04. The number of para-hydroxylation sites is 1. The Morgan fingerprint density at radius 1 is 1.00 bits per heavy atom. The van der Waals surface area contributed by atoms with Gasteiger partial charge in [-0.25, -0.2) is 0 Å². The van der Waals surface area contributed by atoms with Gasteiger partial charge in [-0.15, -0.1) is 0 Å². The number of hydrogen-bond acceptors (Lipinski definition) is 2. The summed E-state index contributed by atoms with van der Waals surface area (Å²) in [6, 6.07) is 17.1. The Hall–Kier alpha value is -1.80. The second-order valence-electron chi connectivity index (χ2n) is 4.17. The van der Waals surface area contributed by atoms with E-state index in [9.17, 15) is 5.11 Å². The van der Waals surface area contributed by atoms with Crippen LogP contribution in [0.5, 0.6) is 0 Å². The van der Waals surface area contributed by atoms with Crippen LogP contribution in [0.25, 0.3) is 0 Å². The van der Waals surface area contributed by atoms with E-state index in [1.54, 1.807) is 0 Å². The maximum Gasteiger partial charge on any atom is 0.116 e. The van der Waals surface area contributed by atoms with Crippen molar-refractivity contribution in [1.82, 2.24) is 0 Å². The van der Waals surface area contributed by atoms with Crippen molar-refractivity contribution in [1.29, 1.82) is 0 Å². The first-order valence-corrected chi connectivity index (χ1v) is 5.81. The minimum atomic E-state index is -1.01. The summed E-state index contributed by atoms with van der Waals surface area (Å²) in [7, 11) is 0. The number of hydrogen-bond donors (Lipinski definition) is 2. The molecule has 2 aromatic carbocycles. The first kappa shape index (κ1) is 11.7. The molecular weight excluding hydrogens is 210 g/mol. The molecule has 1 atom stereocenters. The number of nitrogens with two attached hydrogens (primary N) is 1. The predicted octanol–water partition coefficient (Wildman–Crippen LogP) is 2.91. The van der Waals surface area contributed by atoms with Crippen LogP contribution in [0.3, 0.4) is 0 Å². The molecule has 2 nitrogen and oxygen atoms in total. The van der Waals surface area contributed by atoms with E-state index in [-0.39, 0.29) is 0 Å². The lowest BCUT2D eigenvalue weighted by atomic mass is 9.83. The van der Waals surface area contributed by atoms with Gasteiger partial charge in [0.2, 0.25) is 0 Å². The highest BCUT2D eigenvalue weighted by Crippen LogP contribution is 2.35. The first-order valence-electron chi connectivity index (χ1n) is 5.81. The van der Waals surface area contributed by atoms with E-state index in [1.165, 1.54) is 0 Å².